The van der Waals surface area contributed by atoms with Gasteiger partial charge in [0.15, 0.2) is 0 Å². The number of carbonyl (C=O) groups excluding carboxylic acids is 3. The van der Waals surface area contributed by atoms with E-state index in [1.165, 1.54) is 6.08 Å². The highest BCUT2D eigenvalue weighted by Gasteiger charge is 2.36. The maximum absolute atomic E-state index is 13.3. The highest BCUT2D eigenvalue weighted by atomic mass is 35.5. The number of anilines is 1. The van der Waals surface area contributed by atoms with Crippen LogP contribution in [0.2, 0.25) is 15.1 Å². The Morgan fingerprint density at radius 1 is 0.756 bits per heavy atom. The van der Waals surface area contributed by atoms with Crippen molar-refractivity contribution in [1.29, 1.82) is 0 Å². The van der Waals surface area contributed by atoms with Crippen molar-refractivity contribution in [1.82, 2.24) is 5.32 Å². The predicted molar refractivity (Wildman–Crippen MR) is 158 cm³/mol. The summed E-state index contributed by atoms with van der Waals surface area (Å²) < 4.78 is 11.6. The molecule has 0 aromatic heterocycles. The lowest BCUT2D eigenvalue weighted by Crippen LogP contribution is -2.54. The molecule has 0 aliphatic carbocycles. The number of halogens is 3. The number of barbiturate groups is 1. The lowest BCUT2D eigenvalue weighted by molar-refractivity contribution is -0.122. The van der Waals surface area contributed by atoms with Crippen LogP contribution < -0.4 is 19.7 Å². The second-order valence-electron chi connectivity index (χ2n) is 8.94. The molecule has 41 heavy (non-hydrogen) atoms. The summed E-state index contributed by atoms with van der Waals surface area (Å²) in [6.07, 6.45) is 1.37. The number of nitrogens with one attached hydrogen (secondary N) is 1. The first-order valence-corrected chi connectivity index (χ1v) is 13.5. The monoisotopic (exact) mass is 606 g/mol. The first kappa shape index (κ1) is 28.2. The number of rotatable bonds is 8. The minimum absolute atomic E-state index is 0.211. The molecule has 0 atom stereocenters. The van der Waals surface area contributed by atoms with E-state index < -0.39 is 17.8 Å². The summed E-state index contributed by atoms with van der Waals surface area (Å²) in [4.78, 5) is 39.4. The van der Waals surface area contributed by atoms with Crippen molar-refractivity contribution in [3.8, 4) is 11.5 Å². The van der Waals surface area contributed by atoms with E-state index in [2.05, 4.69) is 5.32 Å². The zero-order valence-electron chi connectivity index (χ0n) is 21.3. The summed E-state index contributed by atoms with van der Waals surface area (Å²) in [6, 6.07) is 24.9. The molecular weight excluding hydrogens is 587 g/mol. The molecule has 4 aromatic rings. The SMILES string of the molecule is O=C1NC(=O)N(c2ccc(OCc3ccc(Cl)cc3)cc2)C(=O)/C1=C/c1ccc(OCc2ccccc2Cl)c(Cl)c1. The van der Waals surface area contributed by atoms with Crippen LogP contribution >= 0.6 is 34.8 Å². The standard InChI is InChI=1S/C31H21Cl3N2O5/c32-22-8-5-19(6-9-22)17-40-24-12-10-23(11-13-24)36-30(38)25(29(37)35-31(36)39)15-20-7-14-28(27(34)16-20)41-18-21-3-1-2-4-26(21)33/h1-16H,17-18H2,(H,35,37,39)/b25-15+. The van der Waals surface area contributed by atoms with Gasteiger partial charge in [-0.25, -0.2) is 9.69 Å². The van der Waals surface area contributed by atoms with Gasteiger partial charge in [-0.15, -0.1) is 0 Å². The Labute approximate surface area is 250 Å². The Morgan fingerprint density at radius 3 is 2.20 bits per heavy atom. The topological polar surface area (TPSA) is 84.9 Å². The summed E-state index contributed by atoms with van der Waals surface area (Å²) in [6.45, 7) is 0.524. The number of amides is 4. The van der Waals surface area contributed by atoms with Gasteiger partial charge >= 0.3 is 6.03 Å². The third kappa shape index (κ3) is 6.72. The molecule has 1 saturated heterocycles. The molecule has 4 amide bonds. The van der Waals surface area contributed by atoms with Crippen molar-refractivity contribution in [3.63, 3.8) is 0 Å². The smallest absolute Gasteiger partial charge is 0.335 e. The number of benzene rings is 4. The van der Waals surface area contributed by atoms with Crippen molar-refractivity contribution in [2.75, 3.05) is 4.90 Å². The molecule has 1 aliphatic rings. The van der Waals surface area contributed by atoms with E-state index in [4.69, 9.17) is 44.3 Å². The van der Waals surface area contributed by atoms with E-state index in [0.717, 1.165) is 16.0 Å². The Morgan fingerprint density at radius 2 is 1.49 bits per heavy atom. The molecule has 1 aliphatic heterocycles. The second-order valence-corrected chi connectivity index (χ2v) is 10.2. The van der Waals surface area contributed by atoms with Crippen LogP contribution in [0.5, 0.6) is 11.5 Å². The fraction of sp³-hybridized carbons (Fsp3) is 0.0645. The number of urea groups is 1. The average molecular weight is 608 g/mol. The summed E-state index contributed by atoms with van der Waals surface area (Å²) in [5, 5.41) is 3.69. The molecule has 5 rings (SSSR count). The summed E-state index contributed by atoms with van der Waals surface area (Å²) in [7, 11) is 0. The molecule has 0 bridgehead atoms. The molecule has 7 nitrogen and oxygen atoms in total. The Bertz CT molecular complexity index is 1650. The zero-order valence-corrected chi connectivity index (χ0v) is 23.5. The van der Waals surface area contributed by atoms with E-state index in [1.54, 1.807) is 60.7 Å². The van der Waals surface area contributed by atoms with Gasteiger partial charge in [-0.05, 0) is 71.8 Å². The van der Waals surface area contributed by atoms with Gasteiger partial charge in [0.1, 0.15) is 30.3 Å². The number of hydrogen-bond acceptors (Lipinski definition) is 5. The molecule has 4 aromatic carbocycles. The van der Waals surface area contributed by atoms with Crippen LogP contribution in [0.3, 0.4) is 0 Å². The highest BCUT2D eigenvalue weighted by Crippen LogP contribution is 2.30. The van der Waals surface area contributed by atoms with Crippen molar-refractivity contribution in [2.45, 2.75) is 13.2 Å². The average Bonchev–Trinajstić information content (AvgIpc) is 2.96. The maximum Gasteiger partial charge on any atom is 0.335 e. The van der Waals surface area contributed by atoms with Gasteiger partial charge in [0, 0.05) is 15.6 Å². The minimum atomic E-state index is -0.853. The molecular formula is C31H21Cl3N2O5. The lowest BCUT2D eigenvalue weighted by Gasteiger charge is -2.26. The van der Waals surface area contributed by atoms with E-state index in [1.807, 2.05) is 30.3 Å². The van der Waals surface area contributed by atoms with Crippen molar-refractivity contribution < 1.29 is 23.9 Å². The fourth-order valence-electron chi connectivity index (χ4n) is 3.99. The number of hydrogen-bond donors (Lipinski definition) is 1. The van der Waals surface area contributed by atoms with Crippen molar-refractivity contribution in [2.24, 2.45) is 0 Å². The van der Waals surface area contributed by atoms with Gasteiger partial charge in [0.05, 0.1) is 10.7 Å². The molecule has 0 spiro atoms. The summed E-state index contributed by atoms with van der Waals surface area (Å²) >= 11 is 18.5. The summed E-state index contributed by atoms with van der Waals surface area (Å²) in [5.41, 5.74) is 2.24. The largest absolute Gasteiger partial charge is 0.489 e. The van der Waals surface area contributed by atoms with Gasteiger partial charge in [0.2, 0.25) is 0 Å². The number of imide groups is 2. The van der Waals surface area contributed by atoms with Crippen LogP contribution in [0.15, 0.2) is 96.6 Å². The van der Waals surface area contributed by atoms with Crippen LogP contribution in [0.1, 0.15) is 16.7 Å². The van der Waals surface area contributed by atoms with Crippen molar-refractivity contribution >= 4 is 64.4 Å². The first-order valence-electron chi connectivity index (χ1n) is 12.3. The van der Waals surface area contributed by atoms with E-state index >= 15 is 0 Å². The van der Waals surface area contributed by atoms with Crippen LogP contribution in [0, 0.1) is 0 Å². The Kier molecular flexibility index (Phi) is 8.59. The summed E-state index contributed by atoms with van der Waals surface area (Å²) in [5.74, 6) is -0.645. The number of nitrogens with zero attached hydrogens (tertiary/aromatic N) is 1. The maximum atomic E-state index is 13.3. The number of carbonyl (C=O) groups is 3. The molecule has 10 heteroatoms. The third-order valence-electron chi connectivity index (χ3n) is 6.12. The molecule has 0 radical (unpaired) electrons. The molecule has 0 unspecified atom stereocenters. The normalized spacial score (nSPS) is 14.3. The zero-order chi connectivity index (χ0) is 28.9. The van der Waals surface area contributed by atoms with Gasteiger partial charge in [-0.1, -0.05) is 71.2 Å². The van der Waals surface area contributed by atoms with Gasteiger partial charge < -0.3 is 9.47 Å². The minimum Gasteiger partial charge on any atom is -0.489 e. The van der Waals surface area contributed by atoms with Gasteiger partial charge in [-0.2, -0.15) is 0 Å². The van der Waals surface area contributed by atoms with Crippen LogP contribution in [0.25, 0.3) is 6.08 Å². The fourth-order valence-corrected chi connectivity index (χ4v) is 4.55. The van der Waals surface area contributed by atoms with E-state index in [0.29, 0.717) is 33.7 Å². The van der Waals surface area contributed by atoms with E-state index in [9.17, 15) is 14.4 Å². The number of ether oxygens (including phenoxy) is 2. The highest BCUT2D eigenvalue weighted by molar-refractivity contribution is 6.39. The molecule has 206 valence electrons. The van der Waals surface area contributed by atoms with Gasteiger partial charge in [-0.3, -0.25) is 14.9 Å². The molecule has 1 N–H and O–H groups in total. The van der Waals surface area contributed by atoms with E-state index in [-0.39, 0.29) is 22.9 Å². The Balaban J connectivity index is 1.29. The molecule has 0 saturated carbocycles. The van der Waals surface area contributed by atoms with Crippen LogP contribution in [0.4, 0.5) is 10.5 Å². The quantitative estimate of drug-likeness (QED) is 0.166. The predicted octanol–water partition coefficient (Wildman–Crippen LogP) is 7.47. The van der Waals surface area contributed by atoms with Gasteiger partial charge in [0.25, 0.3) is 11.8 Å². The molecule has 1 fully saturated rings. The molecule has 1 heterocycles. The Hall–Kier alpha value is -4.30. The lowest BCUT2D eigenvalue weighted by atomic mass is 10.1. The van der Waals surface area contributed by atoms with Crippen LogP contribution in [-0.2, 0) is 22.8 Å². The van der Waals surface area contributed by atoms with Crippen LogP contribution in [-0.4, -0.2) is 17.8 Å². The first-order chi connectivity index (χ1) is 19.8. The van der Waals surface area contributed by atoms with Crippen molar-refractivity contribution in [3.05, 3.63) is 128 Å². The third-order valence-corrected chi connectivity index (χ3v) is 7.04. The second kappa shape index (κ2) is 12.5.